The molecule has 5 heterocycles. The van der Waals surface area contributed by atoms with Crippen molar-refractivity contribution in [1.82, 2.24) is 24.3 Å². The second kappa shape index (κ2) is 11.1. The second-order valence-electron chi connectivity index (χ2n) is 7.38. The molecule has 33 heavy (non-hydrogen) atoms. The lowest BCUT2D eigenvalue weighted by Gasteiger charge is -2.30. The molecule has 1 aliphatic heterocycles. The maximum Gasteiger partial charge on any atom is 0.349 e. The van der Waals surface area contributed by atoms with Gasteiger partial charge in [0.1, 0.15) is 15.8 Å². The first-order valence-corrected chi connectivity index (χ1v) is 12.5. The molecule has 1 fully saturated rings. The zero-order valence-corrected chi connectivity index (χ0v) is 21.7. The van der Waals surface area contributed by atoms with Crippen LogP contribution in [0.4, 0.5) is 0 Å². The van der Waals surface area contributed by atoms with Gasteiger partial charge in [0.05, 0.1) is 18.5 Å². The molecule has 178 valence electrons. The summed E-state index contributed by atoms with van der Waals surface area (Å²) in [4.78, 5) is 22.0. The van der Waals surface area contributed by atoms with Gasteiger partial charge in [0.25, 0.3) is 0 Å². The van der Waals surface area contributed by atoms with Gasteiger partial charge in [0.2, 0.25) is 0 Å². The summed E-state index contributed by atoms with van der Waals surface area (Å²) in [7, 11) is 1.83. The van der Waals surface area contributed by atoms with Crippen LogP contribution in [0.25, 0.3) is 33.3 Å². The maximum atomic E-state index is 13.3. The molecule has 1 saturated heterocycles. The van der Waals surface area contributed by atoms with Crippen LogP contribution >= 0.6 is 15.9 Å². The Morgan fingerprint density at radius 1 is 1.21 bits per heavy atom. The van der Waals surface area contributed by atoms with E-state index in [1.54, 1.807) is 21.6 Å². The number of nitrogens with zero attached hydrogens (tertiary/aromatic N) is 5. The lowest BCUT2D eigenvalue weighted by molar-refractivity contribution is -0.00709. The van der Waals surface area contributed by atoms with Gasteiger partial charge in [-0.15, -0.1) is 0 Å². The number of aryl methyl sites for hydroxylation is 1. The van der Waals surface area contributed by atoms with Crippen LogP contribution in [0, 0.1) is 0 Å². The van der Waals surface area contributed by atoms with Crippen LogP contribution < -0.4 is 5.69 Å². The zero-order chi connectivity index (χ0) is 24.1. The van der Waals surface area contributed by atoms with Crippen LogP contribution in [0.3, 0.4) is 0 Å². The van der Waals surface area contributed by atoms with E-state index in [2.05, 4.69) is 37.9 Å². The number of ether oxygens (including phenoxy) is 1. The summed E-state index contributed by atoms with van der Waals surface area (Å²) in [6, 6.07) is 1.90. The summed E-state index contributed by atoms with van der Waals surface area (Å²) in [5, 5.41) is 5.06. The van der Waals surface area contributed by atoms with Crippen molar-refractivity contribution in [3.05, 3.63) is 39.7 Å². The molecule has 9 heteroatoms. The molecule has 5 rings (SSSR count). The van der Waals surface area contributed by atoms with Crippen molar-refractivity contribution >= 4 is 38.0 Å². The molecule has 0 aliphatic carbocycles. The zero-order valence-electron chi connectivity index (χ0n) is 20.1. The standard InChI is InChI=1S/C20H20BrN5O3.2C2H6/c1-3-13-6-12(4-5-28-13)26-18-14-7-16(21)22-9-15(14)29-19(18)17(24-20(26)27)11-8-23-25(2)10-11;2*1-2/h7-10,12-13H,3-6H2,1-2H3;2*1-2H3. The topological polar surface area (TPSA) is 88.0 Å². The molecule has 2 atom stereocenters. The predicted molar refractivity (Wildman–Crippen MR) is 134 cm³/mol. The minimum Gasteiger partial charge on any atom is -0.450 e. The summed E-state index contributed by atoms with van der Waals surface area (Å²) in [6.07, 6.45) is 7.77. The van der Waals surface area contributed by atoms with Gasteiger partial charge in [-0.2, -0.15) is 10.1 Å². The molecule has 4 aromatic rings. The minimum absolute atomic E-state index is 0.00638. The molecule has 0 bridgehead atoms. The normalized spacial score (nSPS) is 17.9. The van der Waals surface area contributed by atoms with Crippen LogP contribution in [0.1, 0.15) is 59.9 Å². The number of pyridine rings is 1. The minimum atomic E-state index is -0.284. The fourth-order valence-electron chi connectivity index (χ4n) is 4.12. The summed E-state index contributed by atoms with van der Waals surface area (Å²) in [5.41, 5.74) is 2.91. The van der Waals surface area contributed by atoms with Crippen molar-refractivity contribution in [2.75, 3.05) is 6.61 Å². The third-order valence-corrected chi connectivity index (χ3v) is 5.96. The molecular formula is C24H32BrN5O3. The van der Waals surface area contributed by atoms with Crippen LogP contribution in [0.5, 0.6) is 0 Å². The molecule has 0 aromatic carbocycles. The second-order valence-corrected chi connectivity index (χ2v) is 8.19. The van der Waals surface area contributed by atoms with E-state index in [0.717, 1.165) is 35.7 Å². The van der Waals surface area contributed by atoms with Crippen molar-refractivity contribution in [1.29, 1.82) is 0 Å². The molecule has 0 saturated carbocycles. The first-order valence-electron chi connectivity index (χ1n) is 11.7. The number of aromatic nitrogens is 5. The largest absolute Gasteiger partial charge is 0.450 e. The summed E-state index contributed by atoms with van der Waals surface area (Å²) in [5.74, 6) is 0. The molecule has 0 radical (unpaired) electrons. The lowest BCUT2D eigenvalue weighted by atomic mass is 10.0. The number of fused-ring (bicyclic) bond motifs is 3. The van der Waals surface area contributed by atoms with Crippen LogP contribution in [0.2, 0.25) is 0 Å². The van der Waals surface area contributed by atoms with E-state index < -0.39 is 0 Å². The molecule has 8 nitrogen and oxygen atoms in total. The van der Waals surface area contributed by atoms with E-state index in [1.165, 1.54) is 0 Å². The Hall–Kier alpha value is -2.52. The fourth-order valence-corrected chi connectivity index (χ4v) is 4.45. The Morgan fingerprint density at radius 3 is 2.64 bits per heavy atom. The average molecular weight is 518 g/mol. The highest BCUT2D eigenvalue weighted by atomic mass is 79.9. The van der Waals surface area contributed by atoms with E-state index in [1.807, 2.05) is 47.0 Å². The fraction of sp³-hybridized carbons (Fsp3) is 0.500. The number of hydrogen-bond acceptors (Lipinski definition) is 6. The van der Waals surface area contributed by atoms with Crippen LogP contribution in [0.15, 0.2) is 38.5 Å². The Morgan fingerprint density at radius 2 is 1.97 bits per heavy atom. The molecule has 0 amide bonds. The SMILES string of the molecule is CC.CC.CCC1CC(n2c(=O)nc(-c3cnn(C)c3)c3oc4cnc(Br)cc4c32)CCO1. The van der Waals surface area contributed by atoms with Crippen LogP contribution in [-0.2, 0) is 11.8 Å². The van der Waals surface area contributed by atoms with Crippen molar-refractivity contribution in [3.8, 4) is 11.3 Å². The lowest BCUT2D eigenvalue weighted by Crippen LogP contribution is -2.34. The van der Waals surface area contributed by atoms with Gasteiger partial charge < -0.3 is 9.15 Å². The molecule has 0 N–H and O–H groups in total. The molecule has 0 spiro atoms. The Bertz CT molecular complexity index is 1280. The molecule has 4 aromatic heterocycles. The van der Waals surface area contributed by atoms with Crippen molar-refractivity contribution in [2.24, 2.45) is 7.05 Å². The van der Waals surface area contributed by atoms with Gasteiger partial charge >= 0.3 is 5.69 Å². The van der Waals surface area contributed by atoms with Gasteiger partial charge in [-0.3, -0.25) is 9.25 Å². The van der Waals surface area contributed by atoms with Crippen molar-refractivity contribution < 1.29 is 9.15 Å². The summed E-state index contributed by atoms with van der Waals surface area (Å²) >= 11 is 3.44. The smallest absolute Gasteiger partial charge is 0.349 e. The molecular weight excluding hydrogens is 486 g/mol. The summed E-state index contributed by atoms with van der Waals surface area (Å²) < 4.78 is 16.2. The summed E-state index contributed by atoms with van der Waals surface area (Å²) in [6.45, 7) is 10.7. The first kappa shape index (κ1) is 25.1. The highest BCUT2D eigenvalue weighted by molar-refractivity contribution is 9.10. The maximum absolute atomic E-state index is 13.3. The van der Waals surface area contributed by atoms with Crippen molar-refractivity contribution in [3.63, 3.8) is 0 Å². The highest BCUT2D eigenvalue weighted by Gasteiger charge is 2.28. The van der Waals surface area contributed by atoms with E-state index >= 15 is 0 Å². The van der Waals surface area contributed by atoms with Crippen LogP contribution in [-0.4, -0.2) is 37.0 Å². The quantitative estimate of drug-likeness (QED) is 0.315. The molecule has 1 aliphatic rings. The van der Waals surface area contributed by atoms with Crippen molar-refractivity contribution in [2.45, 2.75) is 66.0 Å². The van der Waals surface area contributed by atoms with Gasteiger partial charge in [-0.1, -0.05) is 34.6 Å². The third kappa shape index (κ3) is 4.89. The third-order valence-electron chi connectivity index (χ3n) is 5.52. The molecule has 2 unspecified atom stereocenters. The van der Waals surface area contributed by atoms with E-state index in [9.17, 15) is 4.79 Å². The number of furan rings is 1. The van der Waals surface area contributed by atoms with Gasteiger partial charge in [-0.25, -0.2) is 9.78 Å². The predicted octanol–water partition coefficient (Wildman–Crippen LogP) is 5.88. The highest BCUT2D eigenvalue weighted by Crippen LogP contribution is 2.37. The van der Waals surface area contributed by atoms with Gasteiger partial charge in [-0.05, 0) is 41.3 Å². The van der Waals surface area contributed by atoms with Gasteiger partial charge in [0, 0.05) is 36.8 Å². The van der Waals surface area contributed by atoms with Gasteiger partial charge in [0.15, 0.2) is 11.2 Å². The Labute approximate surface area is 202 Å². The van der Waals surface area contributed by atoms with E-state index in [-0.39, 0.29) is 17.8 Å². The number of rotatable bonds is 3. The Balaban J connectivity index is 0.000000728. The van der Waals surface area contributed by atoms with E-state index in [0.29, 0.717) is 28.1 Å². The average Bonchev–Trinajstić information content (AvgIpc) is 3.45. The Kier molecular flexibility index (Phi) is 8.42. The first-order chi connectivity index (χ1) is 16.0. The monoisotopic (exact) mass is 517 g/mol. The number of halogens is 1. The van der Waals surface area contributed by atoms with E-state index in [4.69, 9.17) is 9.15 Å². The number of hydrogen-bond donors (Lipinski definition) is 0.